The summed E-state index contributed by atoms with van der Waals surface area (Å²) in [6.07, 6.45) is 9.51. The average Bonchev–Trinajstić information content (AvgIpc) is 2.33. The van der Waals surface area contributed by atoms with Crippen molar-refractivity contribution in [1.29, 1.82) is 0 Å². The Balaban J connectivity index is 1.88. The predicted molar refractivity (Wildman–Crippen MR) is 62.7 cm³/mol. The van der Waals surface area contributed by atoms with Crippen LogP contribution in [0.5, 0.6) is 0 Å². The molecule has 0 radical (unpaired) electrons. The van der Waals surface area contributed by atoms with Crippen LogP contribution in [0.3, 0.4) is 0 Å². The molecular weight excluding hydrogens is 186 g/mol. The lowest BCUT2D eigenvalue weighted by Gasteiger charge is -2.36. The highest BCUT2D eigenvalue weighted by Gasteiger charge is 2.30. The SMILES string of the molecule is OCC(C1CCCCC1)C1CCNCC1. The van der Waals surface area contributed by atoms with E-state index in [2.05, 4.69) is 5.32 Å². The monoisotopic (exact) mass is 211 g/mol. The van der Waals surface area contributed by atoms with Gasteiger partial charge in [-0.15, -0.1) is 0 Å². The first kappa shape index (κ1) is 11.4. The maximum absolute atomic E-state index is 9.61. The van der Waals surface area contributed by atoms with E-state index in [1.165, 1.54) is 44.9 Å². The van der Waals surface area contributed by atoms with Crippen LogP contribution in [0.2, 0.25) is 0 Å². The van der Waals surface area contributed by atoms with Gasteiger partial charge in [0.15, 0.2) is 0 Å². The van der Waals surface area contributed by atoms with Gasteiger partial charge < -0.3 is 10.4 Å². The zero-order valence-corrected chi connectivity index (χ0v) is 9.75. The van der Waals surface area contributed by atoms with Crippen LogP contribution in [0.4, 0.5) is 0 Å². The molecule has 0 aromatic heterocycles. The molecule has 0 spiro atoms. The van der Waals surface area contributed by atoms with Gasteiger partial charge in [-0.2, -0.15) is 0 Å². The zero-order valence-electron chi connectivity index (χ0n) is 9.75. The summed E-state index contributed by atoms with van der Waals surface area (Å²) in [6.45, 7) is 2.75. The third kappa shape index (κ3) is 2.94. The van der Waals surface area contributed by atoms with Gasteiger partial charge in [-0.25, -0.2) is 0 Å². The summed E-state index contributed by atoms with van der Waals surface area (Å²) in [4.78, 5) is 0. The third-order valence-electron chi connectivity index (χ3n) is 4.46. The van der Waals surface area contributed by atoms with Gasteiger partial charge in [0.2, 0.25) is 0 Å². The van der Waals surface area contributed by atoms with Gasteiger partial charge in [0.1, 0.15) is 0 Å². The fraction of sp³-hybridized carbons (Fsp3) is 1.00. The van der Waals surface area contributed by atoms with Crippen LogP contribution in [0.15, 0.2) is 0 Å². The molecule has 1 atom stereocenters. The topological polar surface area (TPSA) is 32.3 Å². The van der Waals surface area contributed by atoms with E-state index in [0.29, 0.717) is 12.5 Å². The van der Waals surface area contributed by atoms with E-state index in [1.807, 2.05) is 0 Å². The van der Waals surface area contributed by atoms with Gasteiger partial charge in [0, 0.05) is 6.61 Å². The second-order valence-electron chi connectivity index (χ2n) is 5.33. The van der Waals surface area contributed by atoms with E-state index in [1.54, 1.807) is 0 Å². The molecule has 1 saturated heterocycles. The highest BCUT2D eigenvalue weighted by atomic mass is 16.3. The van der Waals surface area contributed by atoms with Crippen LogP contribution in [0, 0.1) is 17.8 Å². The predicted octanol–water partition coefficient (Wildman–Crippen LogP) is 2.17. The number of hydrogen-bond acceptors (Lipinski definition) is 2. The summed E-state index contributed by atoms with van der Waals surface area (Å²) in [6, 6.07) is 0. The van der Waals surface area contributed by atoms with E-state index >= 15 is 0 Å². The smallest absolute Gasteiger partial charge is 0.0464 e. The number of aliphatic hydroxyl groups excluding tert-OH is 1. The van der Waals surface area contributed by atoms with Crippen molar-refractivity contribution < 1.29 is 5.11 Å². The van der Waals surface area contributed by atoms with Crippen LogP contribution in [-0.4, -0.2) is 24.8 Å². The van der Waals surface area contributed by atoms with Crippen LogP contribution in [0.1, 0.15) is 44.9 Å². The van der Waals surface area contributed by atoms with E-state index in [4.69, 9.17) is 0 Å². The standard InChI is InChI=1S/C13H25NO/c15-10-13(11-4-2-1-3-5-11)12-6-8-14-9-7-12/h11-15H,1-10H2. The summed E-state index contributed by atoms with van der Waals surface area (Å²) in [5.74, 6) is 2.22. The Bertz CT molecular complexity index is 153. The second-order valence-corrected chi connectivity index (χ2v) is 5.33. The van der Waals surface area contributed by atoms with Gasteiger partial charge in [-0.05, 0) is 43.7 Å². The Morgan fingerprint density at radius 2 is 1.53 bits per heavy atom. The molecule has 0 aromatic carbocycles. The summed E-state index contributed by atoms with van der Waals surface area (Å²) in [5.41, 5.74) is 0. The van der Waals surface area contributed by atoms with Crippen molar-refractivity contribution in [1.82, 2.24) is 5.32 Å². The Morgan fingerprint density at radius 3 is 2.13 bits per heavy atom. The fourth-order valence-electron chi connectivity index (χ4n) is 3.52. The first-order chi connectivity index (χ1) is 7.42. The Kier molecular flexibility index (Phi) is 4.45. The summed E-state index contributed by atoms with van der Waals surface area (Å²) in [5, 5.41) is 13.0. The van der Waals surface area contributed by atoms with Gasteiger partial charge in [-0.1, -0.05) is 32.1 Å². The Labute approximate surface area is 93.5 Å². The fourth-order valence-corrected chi connectivity index (χ4v) is 3.52. The molecule has 1 heterocycles. The van der Waals surface area contributed by atoms with Crippen LogP contribution in [-0.2, 0) is 0 Å². The van der Waals surface area contributed by atoms with Gasteiger partial charge in [0.05, 0.1) is 0 Å². The minimum absolute atomic E-state index is 0.426. The first-order valence-electron chi connectivity index (χ1n) is 6.73. The Hall–Kier alpha value is -0.0800. The molecule has 1 unspecified atom stereocenters. The highest BCUT2D eigenvalue weighted by molar-refractivity contribution is 4.82. The largest absolute Gasteiger partial charge is 0.396 e. The van der Waals surface area contributed by atoms with Crippen molar-refractivity contribution >= 4 is 0 Å². The minimum atomic E-state index is 0.426. The lowest BCUT2D eigenvalue weighted by molar-refractivity contribution is 0.0821. The number of aliphatic hydroxyl groups is 1. The molecule has 0 aromatic rings. The summed E-state index contributed by atoms with van der Waals surface area (Å²) < 4.78 is 0. The normalized spacial score (nSPS) is 27.8. The maximum Gasteiger partial charge on any atom is 0.0464 e. The van der Waals surface area contributed by atoms with Crippen molar-refractivity contribution in [2.45, 2.75) is 44.9 Å². The molecule has 88 valence electrons. The molecule has 2 fully saturated rings. The van der Waals surface area contributed by atoms with E-state index in [0.717, 1.165) is 24.9 Å². The number of nitrogens with one attached hydrogen (secondary N) is 1. The quantitative estimate of drug-likeness (QED) is 0.750. The zero-order chi connectivity index (χ0) is 10.5. The molecule has 1 saturated carbocycles. The van der Waals surface area contributed by atoms with E-state index < -0.39 is 0 Å². The molecule has 2 aliphatic rings. The molecule has 2 N–H and O–H groups in total. The third-order valence-corrected chi connectivity index (χ3v) is 4.46. The number of rotatable bonds is 3. The molecule has 1 aliphatic heterocycles. The molecule has 15 heavy (non-hydrogen) atoms. The second kappa shape index (κ2) is 5.86. The van der Waals surface area contributed by atoms with Gasteiger partial charge in [0.25, 0.3) is 0 Å². The summed E-state index contributed by atoms with van der Waals surface area (Å²) in [7, 11) is 0. The van der Waals surface area contributed by atoms with Crippen LogP contribution < -0.4 is 5.32 Å². The average molecular weight is 211 g/mol. The van der Waals surface area contributed by atoms with Crippen molar-refractivity contribution in [3.8, 4) is 0 Å². The van der Waals surface area contributed by atoms with Crippen molar-refractivity contribution in [2.75, 3.05) is 19.7 Å². The lowest BCUT2D eigenvalue weighted by Crippen LogP contribution is -2.36. The molecule has 0 amide bonds. The first-order valence-corrected chi connectivity index (χ1v) is 6.73. The van der Waals surface area contributed by atoms with E-state index in [-0.39, 0.29) is 0 Å². The van der Waals surface area contributed by atoms with Crippen molar-refractivity contribution in [2.24, 2.45) is 17.8 Å². The lowest BCUT2D eigenvalue weighted by atomic mass is 9.72. The molecule has 0 bridgehead atoms. The molecule has 2 nitrogen and oxygen atoms in total. The van der Waals surface area contributed by atoms with E-state index in [9.17, 15) is 5.11 Å². The van der Waals surface area contributed by atoms with Gasteiger partial charge >= 0.3 is 0 Å². The van der Waals surface area contributed by atoms with Crippen LogP contribution in [0.25, 0.3) is 0 Å². The molecule has 1 aliphatic carbocycles. The maximum atomic E-state index is 9.61. The van der Waals surface area contributed by atoms with Crippen molar-refractivity contribution in [3.63, 3.8) is 0 Å². The summed E-state index contributed by atoms with van der Waals surface area (Å²) >= 11 is 0. The van der Waals surface area contributed by atoms with Gasteiger partial charge in [-0.3, -0.25) is 0 Å². The number of piperidine rings is 1. The van der Waals surface area contributed by atoms with Crippen LogP contribution >= 0.6 is 0 Å². The van der Waals surface area contributed by atoms with Crippen molar-refractivity contribution in [3.05, 3.63) is 0 Å². The highest BCUT2D eigenvalue weighted by Crippen LogP contribution is 2.36. The Morgan fingerprint density at radius 1 is 0.933 bits per heavy atom. The molecule has 2 heteroatoms. The molecule has 2 rings (SSSR count). The number of hydrogen-bond donors (Lipinski definition) is 2. The minimum Gasteiger partial charge on any atom is -0.396 e. The molecular formula is C13H25NO.